The van der Waals surface area contributed by atoms with E-state index in [4.69, 9.17) is 15.0 Å². The molecule has 0 atom stereocenters. The lowest BCUT2D eigenvalue weighted by atomic mass is 10.1. The fourth-order valence-electron chi connectivity index (χ4n) is 6.37. The van der Waals surface area contributed by atoms with E-state index in [0.29, 0.717) is 0 Å². The molecule has 44 heavy (non-hydrogen) atoms. The highest BCUT2D eigenvalue weighted by Gasteiger charge is 2.20. The predicted octanol–water partition coefficient (Wildman–Crippen LogP) is 9.40. The number of pyridine rings is 3. The summed E-state index contributed by atoms with van der Waals surface area (Å²) >= 11 is 0. The van der Waals surface area contributed by atoms with E-state index < -0.39 is 0 Å². The monoisotopic (exact) mass is 563 g/mol. The second-order valence-corrected chi connectivity index (χ2v) is 11.0. The molecule has 5 heterocycles. The topological polar surface area (TPSA) is 48.5 Å². The second kappa shape index (κ2) is 9.75. The summed E-state index contributed by atoms with van der Waals surface area (Å²) in [5.74, 6) is 0. The van der Waals surface area contributed by atoms with Crippen LogP contribution in [-0.4, -0.2) is 24.1 Å². The standard InChI is InChI=1S/C39H25N5/c1-3-11-26(12-4-1)34-21-19-28(24-40-34)43-36-17-9-7-15-30(36)32-23-33-31-16-8-10-18-37(31)44(39(33)42-38(32)43)29-20-22-35(41-25-29)27-13-5-2-6-14-27/h1-25H. The molecule has 5 nitrogen and oxygen atoms in total. The van der Waals surface area contributed by atoms with E-state index in [1.165, 1.54) is 0 Å². The first-order valence-electron chi connectivity index (χ1n) is 14.7. The molecule has 4 aromatic carbocycles. The molecule has 0 unspecified atom stereocenters. The van der Waals surface area contributed by atoms with E-state index in [9.17, 15) is 0 Å². The fourth-order valence-corrected chi connectivity index (χ4v) is 6.37. The van der Waals surface area contributed by atoms with Crippen molar-refractivity contribution in [2.24, 2.45) is 0 Å². The van der Waals surface area contributed by atoms with Crippen LogP contribution in [0.2, 0.25) is 0 Å². The summed E-state index contributed by atoms with van der Waals surface area (Å²) in [6, 6.07) is 48.3. The van der Waals surface area contributed by atoms with Crippen LogP contribution in [-0.2, 0) is 0 Å². The third kappa shape index (κ3) is 3.76. The molecule has 9 aromatic rings. The van der Waals surface area contributed by atoms with Crippen LogP contribution >= 0.6 is 0 Å². The quantitative estimate of drug-likeness (QED) is 0.214. The predicted molar refractivity (Wildman–Crippen MR) is 179 cm³/mol. The smallest absolute Gasteiger partial charge is 0.148 e. The molecular formula is C39H25N5. The van der Waals surface area contributed by atoms with Crippen LogP contribution in [0.1, 0.15) is 0 Å². The number of nitrogens with zero attached hydrogens (tertiary/aromatic N) is 5. The minimum absolute atomic E-state index is 0.894. The molecule has 5 heteroatoms. The van der Waals surface area contributed by atoms with Crippen LogP contribution in [0.15, 0.2) is 152 Å². The lowest BCUT2D eigenvalue weighted by molar-refractivity contribution is 1.09. The maximum absolute atomic E-state index is 5.44. The minimum Gasteiger partial charge on any atom is -0.292 e. The van der Waals surface area contributed by atoms with Crippen molar-refractivity contribution < 1.29 is 0 Å². The maximum atomic E-state index is 5.44. The second-order valence-electron chi connectivity index (χ2n) is 11.0. The molecule has 0 aliphatic rings. The Labute approximate surface area is 253 Å². The van der Waals surface area contributed by atoms with Crippen molar-refractivity contribution in [1.82, 2.24) is 24.1 Å². The van der Waals surface area contributed by atoms with Gasteiger partial charge < -0.3 is 0 Å². The lowest BCUT2D eigenvalue weighted by Gasteiger charge is -2.10. The average molecular weight is 564 g/mol. The number of aromatic nitrogens is 5. The Kier molecular flexibility index (Phi) is 5.43. The number of hydrogen-bond donors (Lipinski definition) is 0. The van der Waals surface area contributed by atoms with Crippen LogP contribution in [0, 0.1) is 0 Å². The lowest BCUT2D eigenvalue weighted by Crippen LogP contribution is -2.00. The van der Waals surface area contributed by atoms with E-state index in [-0.39, 0.29) is 0 Å². The van der Waals surface area contributed by atoms with Gasteiger partial charge >= 0.3 is 0 Å². The Balaban J connectivity index is 1.29. The van der Waals surface area contributed by atoms with Crippen molar-refractivity contribution in [1.29, 1.82) is 0 Å². The van der Waals surface area contributed by atoms with E-state index in [1.54, 1.807) is 0 Å². The summed E-state index contributed by atoms with van der Waals surface area (Å²) in [5.41, 5.74) is 10.0. The molecule has 5 aromatic heterocycles. The minimum atomic E-state index is 0.894. The fraction of sp³-hybridized carbons (Fsp3) is 0. The van der Waals surface area contributed by atoms with Crippen LogP contribution < -0.4 is 0 Å². The van der Waals surface area contributed by atoms with Gasteiger partial charge in [0.2, 0.25) is 0 Å². The number of benzene rings is 4. The largest absolute Gasteiger partial charge is 0.292 e. The molecule has 0 aliphatic carbocycles. The molecule has 0 aliphatic heterocycles. The molecular weight excluding hydrogens is 538 g/mol. The third-order valence-corrected chi connectivity index (χ3v) is 8.43. The summed E-state index contributed by atoms with van der Waals surface area (Å²) in [7, 11) is 0. The zero-order chi connectivity index (χ0) is 29.0. The Morgan fingerprint density at radius 1 is 0.386 bits per heavy atom. The first-order valence-corrected chi connectivity index (χ1v) is 14.7. The van der Waals surface area contributed by atoms with E-state index in [0.717, 1.165) is 77.8 Å². The summed E-state index contributed by atoms with van der Waals surface area (Å²) < 4.78 is 4.45. The molecule has 0 radical (unpaired) electrons. The molecule has 0 amide bonds. The zero-order valence-electron chi connectivity index (χ0n) is 23.7. The summed E-state index contributed by atoms with van der Waals surface area (Å²) in [6.45, 7) is 0. The first-order chi connectivity index (χ1) is 21.8. The molecule has 0 bridgehead atoms. The van der Waals surface area contributed by atoms with Gasteiger partial charge in [-0.05, 0) is 42.5 Å². The van der Waals surface area contributed by atoms with Gasteiger partial charge in [-0.25, -0.2) is 4.98 Å². The van der Waals surface area contributed by atoms with Crippen molar-refractivity contribution in [3.63, 3.8) is 0 Å². The molecule has 0 saturated carbocycles. The van der Waals surface area contributed by atoms with Crippen LogP contribution in [0.3, 0.4) is 0 Å². The SMILES string of the molecule is c1ccc(-c2ccc(-n3c4ccccc4c4cc5c6ccccc6n(-c6ccc(-c7ccccc7)nc6)c5nc43)cn2)cc1. The Morgan fingerprint density at radius 3 is 1.25 bits per heavy atom. The van der Waals surface area contributed by atoms with Gasteiger partial charge in [0.05, 0.1) is 46.2 Å². The molecule has 0 saturated heterocycles. The molecule has 206 valence electrons. The van der Waals surface area contributed by atoms with Gasteiger partial charge in [-0.2, -0.15) is 0 Å². The van der Waals surface area contributed by atoms with E-state index in [1.807, 2.05) is 48.8 Å². The summed E-state index contributed by atoms with van der Waals surface area (Å²) in [5, 5.41) is 4.55. The highest BCUT2D eigenvalue weighted by atomic mass is 15.1. The molecule has 0 spiro atoms. The van der Waals surface area contributed by atoms with Crippen LogP contribution in [0.4, 0.5) is 0 Å². The van der Waals surface area contributed by atoms with Gasteiger partial charge in [-0.15, -0.1) is 0 Å². The van der Waals surface area contributed by atoms with Crippen molar-refractivity contribution in [3.8, 4) is 33.9 Å². The Bertz CT molecular complexity index is 2280. The van der Waals surface area contributed by atoms with Gasteiger partial charge in [-0.1, -0.05) is 97.1 Å². The Morgan fingerprint density at radius 2 is 0.818 bits per heavy atom. The number of rotatable bonds is 4. The van der Waals surface area contributed by atoms with Crippen LogP contribution in [0.5, 0.6) is 0 Å². The Hall–Kier alpha value is -6.07. The number of para-hydroxylation sites is 2. The van der Waals surface area contributed by atoms with Crippen LogP contribution in [0.25, 0.3) is 77.8 Å². The molecule has 0 fully saturated rings. The average Bonchev–Trinajstić information content (AvgIpc) is 3.60. The van der Waals surface area contributed by atoms with Gasteiger partial charge in [0.1, 0.15) is 11.3 Å². The highest BCUT2D eigenvalue weighted by molar-refractivity contribution is 6.16. The first kappa shape index (κ1) is 24.5. The van der Waals surface area contributed by atoms with Gasteiger partial charge in [0.15, 0.2) is 0 Å². The molecule has 9 rings (SSSR count). The third-order valence-electron chi connectivity index (χ3n) is 8.43. The van der Waals surface area contributed by atoms with Gasteiger partial charge in [0, 0.05) is 32.7 Å². The van der Waals surface area contributed by atoms with Crippen molar-refractivity contribution in [3.05, 3.63) is 152 Å². The highest BCUT2D eigenvalue weighted by Crippen LogP contribution is 2.38. The van der Waals surface area contributed by atoms with E-state index in [2.05, 4.69) is 112 Å². The molecule has 0 N–H and O–H groups in total. The number of hydrogen-bond acceptors (Lipinski definition) is 3. The maximum Gasteiger partial charge on any atom is 0.148 e. The normalized spacial score (nSPS) is 11.6. The van der Waals surface area contributed by atoms with Gasteiger partial charge in [-0.3, -0.25) is 19.1 Å². The van der Waals surface area contributed by atoms with Crippen molar-refractivity contribution in [2.45, 2.75) is 0 Å². The summed E-state index contributed by atoms with van der Waals surface area (Å²) in [4.78, 5) is 15.1. The van der Waals surface area contributed by atoms with E-state index >= 15 is 0 Å². The van der Waals surface area contributed by atoms with Crippen molar-refractivity contribution in [2.75, 3.05) is 0 Å². The number of fused-ring (bicyclic) bond motifs is 6. The summed E-state index contributed by atoms with van der Waals surface area (Å²) in [6.07, 6.45) is 3.89. The zero-order valence-corrected chi connectivity index (χ0v) is 23.7. The van der Waals surface area contributed by atoms with Gasteiger partial charge in [0.25, 0.3) is 0 Å². The van der Waals surface area contributed by atoms with Crippen molar-refractivity contribution >= 4 is 43.9 Å².